The quantitative estimate of drug-likeness (QED) is 0.119. The zero-order chi connectivity index (χ0) is 24.6. The molecule has 0 saturated heterocycles. The maximum absolute atomic E-state index is 12.0. The van der Waals surface area contributed by atoms with Gasteiger partial charge in [0.1, 0.15) is 0 Å². The molecule has 0 amide bonds. The Morgan fingerprint density at radius 3 is 1.64 bits per heavy atom. The van der Waals surface area contributed by atoms with Crippen LogP contribution in [0, 0.1) is 0 Å². The molecule has 0 aliphatic carbocycles. The molecule has 0 aromatic heterocycles. The van der Waals surface area contributed by atoms with E-state index in [1.54, 1.807) is 6.92 Å². The van der Waals surface area contributed by atoms with Crippen LogP contribution in [-0.4, -0.2) is 35.9 Å². The van der Waals surface area contributed by atoms with Gasteiger partial charge in [-0.05, 0) is 64.2 Å². The zero-order valence-corrected chi connectivity index (χ0v) is 20.8. The van der Waals surface area contributed by atoms with Gasteiger partial charge in [0.05, 0.1) is 0 Å². The van der Waals surface area contributed by atoms with Crippen molar-refractivity contribution in [3.8, 4) is 0 Å². The van der Waals surface area contributed by atoms with Crippen molar-refractivity contribution in [1.29, 1.82) is 0 Å². The van der Waals surface area contributed by atoms with Crippen LogP contribution in [0.4, 0.5) is 0 Å². The first-order valence-electron chi connectivity index (χ1n) is 12.4. The summed E-state index contributed by atoms with van der Waals surface area (Å²) in [5.74, 6) is -1.72. The van der Waals surface area contributed by atoms with E-state index in [-0.39, 0.29) is 6.42 Å². The zero-order valence-electron chi connectivity index (χ0n) is 20.8. The Balaban J connectivity index is 3.78. The average molecular weight is 461 g/mol. The molecule has 33 heavy (non-hydrogen) atoms. The molecule has 1 N–H and O–H groups in total. The summed E-state index contributed by atoms with van der Waals surface area (Å²) in [5.41, 5.74) is 0. The van der Waals surface area contributed by atoms with Crippen molar-refractivity contribution < 1.29 is 24.2 Å². The third kappa shape index (κ3) is 18.8. The van der Waals surface area contributed by atoms with Crippen LogP contribution < -0.4 is 0 Å². The second-order valence-corrected chi connectivity index (χ2v) is 7.64. The lowest BCUT2D eigenvalue weighted by molar-refractivity contribution is -0.173. The number of aliphatic carboxylic acids is 1. The smallest absolute Gasteiger partial charge is 0.345 e. The van der Waals surface area contributed by atoms with Crippen molar-refractivity contribution in [2.75, 3.05) is 6.61 Å². The lowest BCUT2D eigenvalue weighted by Gasteiger charge is -2.18. The molecule has 186 valence electrons. The Bertz CT molecular complexity index is 643. The molecule has 5 heteroatoms. The molecule has 5 nitrogen and oxygen atoms in total. The summed E-state index contributed by atoms with van der Waals surface area (Å²) in [6, 6.07) is 0. The van der Waals surface area contributed by atoms with Crippen LogP contribution in [0.1, 0.15) is 85.0 Å². The summed E-state index contributed by atoms with van der Waals surface area (Å²) >= 11 is 0. The van der Waals surface area contributed by atoms with Gasteiger partial charge >= 0.3 is 11.9 Å². The van der Waals surface area contributed by atoms with Crippen LogP contribution >= 0.6 is 0 Å². The molecule has 1 unspecified atom stereocenters. The largest absolute Gasteiger partial charge is 0.479 e. The summed E-state index contributed by atoms with van der Waals surface area (Å²) in [6.07, 6.45) is 28.5. The topological polar surface area (TPSA) is 72.8 Å². The molecule has 0 fully saturated rings. The Labute approximate surface area is 200 Å². The Morgan fingerprint density at radius 2 is 1.18 bits per heavy atom. The van der Waals surface area contributed by atoms with Crippen molar-refractivity contribution in [3.05, 3.63) is 60.8 Å². The minimum absolute atomic E-state index is 0.241. The molecule has 0 saturated carbocycles. The fraction of sp³-hybridized carbons (Fsp3) is 0.571. The molecule has 0 aliphatic rings. The second-order valence-electron chi connectivity index (χ2n) is 7.64. The average Bonchev–Trinajstić information content (AvgIpc) is 2.81. The second kappa shape index (κ2) is 22.8. The number of unbranched alkanes of at least 4 members (excludes halogenated alkanes) is 2. The van der Waals surface area contributed by atoms with Crippen LogP contribution in [0.5, 0.6) is 0 Å². The van der Waals surface area contributed by atoms with E-state index >= 15 is 0 Å². The highest BCUT2D eigenvalue weighted by Gasteiger charge is 2.25. The molecule has 0 bridgehead atoms. The van der Waals surface area contributed by atoms with Crippen LogP contribution in [0.3, 0.4) is 0 Å². The molecule has 0 aromatic rings. The first-order chi connectivity index (χ1) is 16.1. The molecule has 0 radical (unpaired) electrons. The fourth-order valence-electron chi connectivity index (χ4n) is 2.84. The number of rotatable bonds is 20. The van der Waals surface area contributed by atoms with E-state index < -0.39 is 24.1 Å². The summed E-state index contributed by atoms with van der Waals surface area (Å²) in [5, 5.41) is 8.99. The highest BCUT2D eigenvalue weighted by molar-refractivity contribution is 5.80. The number of esters is 1. The van der Waals surface area contributed by atoms with Crippen molar-refractivity contribution in [2.24, 2.45) is 0 Å². The van der Waals surface area contributed by atoms with E-state index in [2.05, 4.69) is 67.7 Å². The van der Waals surface area contributed by atoms with E-state index in [1.165, 1.54) is 0 Å². The van der Waals surface area contributed by atoms with Gasteiger partial charge < -0.3 is 14.6 Å². The maximum atomic E-state index is 12.0. The molecule has 0 aromatic carbocycles. The third-order valence-corrected chi connectivity index (χ3v) is 4.78. The molecule has 0 aliphatic heterocycles. The van der Waals surface area contributed by atoms with Crippen LogP contribution in [-0.2, 0) is 19.1 Å². The molecule has 2 atom stereocenters. The summed E-state index contributed by atoms with van der Waals surface area (Å²) in [6.45, 7) is 6.10. The monoisotopic (exact) mass is 460 g/mol. The number of carboxylic acids is 1. The maximum Gasteiger partial charge on any atom is 0.345 e. The van der Waals surface area contributed by atoms with E-state index in [9.17, 15) is 9.59 Å². The standard InChI is InChI=1S/C28H44O5/c1-4-7-8-9-10-11-12-13-14-15-16-17-18-19-20-21-22-23-24-32-26(6-3)28(31)33-25(5-2)27(29)30/h7-8,10-11,13-14,16-17,19-20,25-26H,4-6,9,12,15,18,21-24H2,1-3H3,(H,29,30)/b8-7-,11-10-,14-13-,17-16-,20-19-/t25-,26?/m1/s1. The lowest BCUT2D eigenvalue weighted by Crippen LogP contribution is -2.33. The van der Waals surface area contributed by atoms with Crippen LogP contribution in [0.15, 0.2) is 60.8 Å². The molecule has 0 rings (SSSR count). The van der Waals surface area contributed by atoms with E-state index in [0.717, 1.165) is 51.4 Å². The number of hydrogen-bond donors (Lipinski definition) is 1. The van der Waals surface area contributed by atoms with Gasteiger partial charge in [-0.3, -0.25) is 0 Å². The van der Waals surface area contributed by atoms with Gasteiger partial charge in [-0.1, -0.05) is 81.5 Å². The van der Waals surface area contributed by atoms with Gasteiger partial charge in [-0.2, -0.15) is 0 Å². The van der Waals surface area contributed by atoms with Crippen LogP contribution in [0.2, 0.25) is 0 Å². The first kappa shape index (κ1) is 30.6. The van der Waals surface area contributed by atoms with Gasteiger partial charge in [0, 0.05) is 6.61 Å². The lowest BCUT2D eigenvalue weighted by atomic mass is 10.2. The Kier molecular flexibility index (Phi) is 21.1. The normalized spacial score (nSPS) is 14.3. The minimum atomic E-state index is -1.13. The van der Waals surface area contributed by atoms with Gasteiger partial charge in [-0.25, -0.2) is 9.59 Å². The van der Waals surface area contributed by atoms with E-state index in [1.807, 2.05) is 6.92 Å². The summed E-state index contributed by atoms with van der Waals surface area (Å²) in [7, 11) is 0. The number of carbonyl (C=O) groups excluding carboxylic acids is 1. The van der Waals surface area contributed by atoms with Gasteiger partial charge in [-0.15, -0.1) is 0 Å². The van der Waals surface area contributed by atoms with Gasteiger partial charge in [0.2, 0.25) is 0 Å². The number of hydrogen-bond acceptors (Lipinski definition) is 4. The SMILES string of the molecule is CC/C=C\C/C=C\C/C=C\C/C=C\C/C=C\CCCCOC(CC)C(=O)O[C@H](CC)C(=O)O. The highest BCUT2D eigenvalue weighted by Crippen LogP contribution is 2.08. The molecule has 0 heterocycles. The summed E-state index contributed by atoms with van der Waals surface area (Å²) in [4.78, 5) is 23.0. The van der Waals surface area contributed by atoms with Crippen LogP contribution in [0.25, 0.3) is 0 Å². The van der Waals surface area contributed by atoms with Crippen molar-refractivity contribution in [2.45, 2.75) is 97.2 Å². The number of carbonyl (C=O) groups is 2. The first-order valence-corrected chi connectivity index (χ1v) is 12.4. The minimum Gasteiger partial charge on any atom is -0.479 e. The van der Waals surface area contributed by atoms with Crippen molar-refractivity contribution in [3.63, 3.8) is 0 Å². The number of ether oxygens (including phenoxy) is 2. The van der Waals surface area contributed by atoms with E-state index in [0.29, 0.717) is 13.0 Å². The molecule has 0 spiro atoms. The van der Waals surface area contributed by atoms with E-state index in [4.69, 9.17) is 14.6 Å². The predicted octanol–water partition coefficient (Wildman–Crippen LogP) is 7.11. The highest BCUT2D eigenvalue weighted by atomic mass is 16.6. The summed E-state index contributed by atoms with van der Waals surface area (Å²) < 4.78 is 10.6. The number of allylic oxidation sites excluding steroid dienone is 10. The Morgan fingerprint density at radius 1 is 0.697 bits per heavy atom. The predicted molar refractivity (Wildman–Crippen MR) is 136 cm³/mol. The third-order valence-electron chi connectivity index (χ3n) is 4.78. The van der Waals surface area contributed by atoms with Crippen molar-refractivity contribution in [1.82, 2.24) is 0 Å². The van der Waals surface area contributed by atoms with Crippen molar-refractivity contribution >= 4 is 11.9 Å². The van der Waals surface area contributed by atoms with Gasteiger partial charge in [0.15, 0.2) is 12.2 Å². The Hall–Kier alpha value is -2.40. The fourth-order valence-corrected chi connectivity index (χ4v) is 2.84. The molecular weight excluding hydrogens is 416 g/mol. The van der Waals surface area contributed by atoms with Gasteiger partial charge in [0.25, 0.3) is 0 Å². The number of carboxylic acid groups (broad SMARTS) is 1. The molecular formula is C28H44O5.